The lowest BCUT2D eigenvalue weighted by Gasteiger charge is -2.12. The van der Waals surface area contributed by atoms with Crippen LogP contribution in [0.15, 0.2) is 18.2 Å². The predicted octanol–water partition coefficient (Wildman–Crippen LogP) is 1.75. The maximum Gasteiger partial charge on any atom is 0.321 e. The molecule has 1 aromatic carbocycles. The van der Waals surface area contributed by atoms with Crippen LogP contribution in [-0.2, 0) is 4.79 Å². The summed E-state index contributed by atoms with van der Waals surface area (Å²) in [7, 11) is 0. The summed E-state index contributed by atoms with van der Waals surface area (Å²) >= 11 is 1.26. The van der Waals surface area contributed by atoms with E-state index in [-0.39, 0.29) is 5.56 Å². The number of hydrogen-bond acceptors (Lipinski definition) is 3. The summed E-state index contributed by atoms with van der Waals surface area (Å²) in [6.07, 6.45) is 0. The van der Waals surface area contributed by atoms with E-state index >= 15 is 0 Å². The molecule has 1 aliphatic rings. The molecule has 0 saturated carbocycles. The van der Waals surface area contributed by atoms with Crippen LogP contribution in [0, 0.1) is 11.6 Å². The van der Waals surface area contributed by atoms with Crippen molar-refractivity contribution in [2.45, 2.75) is 11.4 Å². The van der Waals surface area contributed by atoms with Gasteiger partial charge in [-0.1, -0.05) is 0 Å². The van der Waals surface area contributed by atoms with Crippen molar-refractivity contribution >= 4 is 17.7 Å². The smallest absolute Gasteiger partial charge is 0.321 e. The molecule has 2 rings (SSSR count). The Morgan fingerprint density at radius 3 is 2.88 bits per heavy atom. The molecule has 0 amide bonds. The van der Waals surface area contributed by atoms with Gasteiger partial charge in [0, 0.05) is 11.3 Å². The van der Waals surface area contributed by atoms with Gasteiger partial charge in [0.15, 0.2) is 0 Å². The van der Waals surface area contributed by atoms with Crippen LogP contribution >= 0.6 is 11.8 Å². The molecule has 2 N–H and O–H groups in total. The van der Waals surface area contributed by atoms with Gasteiger partial charge in [-0.05, 0) is 18.2 Å². The number of halogens is 2. The van der Waals surface area contributed by atoms with Gasteiger partial charge >= 0.3 is 5.97 Å². The zero-order valence-electron chi connectivity index (χ0n) is 8.11. The molecule has 86 valence electrons. The van der Waals surface area contributed by atoms with Crippen LogP contribution in [-0.4, -0.2) is 22.9 Å². The van der Waals surface area contributed by atoms with E-state index in [4.69, 9.17) is 5.11 Å². The van der Waals surface area contributed by atoms with Gasteiger partial charge in [0.25, 0.3) is 0 Å². The van der Waals surface area contributed by atoms with E-state index in [0.29, 0.717) is 5.75 Å². The van der Waals surface area contributed by atoms with Gasteiger partial charge in [-0.3, -0.25) is 10.1 Å². The van der Waals surface area contributed by atoms with E-state index < -0.39 is 29.0 Å². The predicted molar refractivity (Wildman–Crippen MR) is 56.1 cm³/mol. The summed E-state index contributed by atoms with van der Waals surface area (Å²) in [6, 6.07) is 2.45. The van der Waals surface area contributed by atoms with Crippen molar-refractivity contribution in [2.75, 3.05) is 5.75 Å². The van der Waals surface area contributed by atoms with E-state index in [1.807, 2.05) is 0 Å². The number of hydrogen-bond donors (Lipinski definition) is 2. The van der Waals surface area contributed by atoms with Gasteiger partial charge in [0.05, 0.1) is 5.37 Å². The summed E-state index contributed by atoms with van der Waals surface area (Å²) in [5.74, 6) is -1.70. The Morgan fingerprint density at radius 1 is 1.50 bits per heavy atom. The standard InChI is InChI=1S/C10H9F2NO2S/c11-5-1-2-7(12)6(3-5)9-13-8(4-16-9)10(14)15/h1-3,8-9,13H,4H2,(H,14,15)/t8-,9-/m0/s1. The number of thioether (sulfide) groups is 1. The first kappa shape index (κ1) is 11.3. The molecule has 0 bridgehead atoms. The highest BCUT2D eigenvalue weighted by Gasteiger charge is 2.31. The lowest BCUT2D eigenvalue weighted by Crippen LogP contribution is -2.33. The van der Waals surface area contributed by atoms with E-state index in [0.717, 1.165) is 18.2 Å². The van der Waals surface area contributed by atoms with Crippen molar-refractivity contribution in [1.82, 2.24) is 5.32 Å². The molecule has 0 aliphatic carbocycles. The maximum atomic E-state index is 13.4. The second-order valence-electron chi connectivity index (χ2n) is 3.44. The summed E-state index contributed by atoms with van der Waals surface area (Å²) in [6.45, 7) is 0. The molecule has 0 spiro atoms. The Labute approximate surface area is 94.8 Å². The molecule has 1 heterocycles. The fraction of sp³-hybridized carbons (Fsp3) is 0.300. The van der Waals surface area contributed by atoms with Crippen molar-refractivity contribution in [1.29, 1.82) is 0 Å². The van der Waals surface area contributed by atoms with E-state index in [2.05, 4.69) is 5.32 Å². The molecule has 0 unspecified atom stereocenters. The first-order chi connectivity index (χ1) is 7.58. The normalized spacial score (nSPS) is 24.6. The van der Waals surface area contributed by atoms with Gasteiger partial charge in [-0.15, -0.1) is 11.8 Å². The zero-order valence-corrected chi connectivity index (χ0v) is 8.93. The first-order valence-electron chi connectivity index (χ1n) is 4.63. The Balaban J connectivity index is 2.20. The van der Waals surface area contributed by atoms with E-state index in [1.54, 1.807) is 0 Å². The van der Waals surface area contributed by atoms with E-state index in [1.165, 1.54) is 11.8 Å². The molecule has 1 saturated heterocycles. The quantitative estimate of drug-likeness (QED) is 0.833. The minimum absolute atomic E-state index is 0.161. The van der Waals surface area contributed by atoms with Crippen LogP contribution in [0.1, 0.15) is 10.9 Å². The van der Waals surface area contributed by atoms with Crippen LogP contribution in [0.5, 0.6) is 0 Å². The topological polar surface area (TPSA) is 49.3 Å². The third-order valence-corrected chi connectivity index (χ3v) is 3.57. The molecular weight excluding hydrogens is 236 g/mol. The van der Waals surface area contributed by atoms with Crippen molar-refractivity contribution in [3.63, 3.8) is 0 Å². The van der Waals surface area contributed by atoms with Crippen molar-refractivity contribution < 1.29 is 18.7 Å². The minimum Gasteiger partial charge on any atom is -0.480 e. The van der Waals surface area contributed by atoms with Gasteiger partial charge in [0.2, 0.25) is 0 Å². The number of carbonyl (C=O) groups is 1. The Kier molecular flexibility index (Phi) is 3.11. The molecule has 1 fully saturated rings. The first-order valence-corrected chi connectivity index (χ1v) is 5.68. The number of carboxylic acid groups (broad SMARTS) is 1. The summed E-state index contributed by atoms with van der Waals surface area (Å²) in [5, 5.41) is 11.0. The Hall–Kier alpha value is -1.14. The molecule has 1 aromatic rings. The fourth-order valence-electron chi connectivity index (χ4n) is 1.51. The monoisotopic (exact) mass is 245 g/mol. The average molecular weight is 245 g/mol. The molecule has 3 nitrogen and oxygen atoms in total. The average Bonchev–Trinajstić information content (AvgIpc) is 2.70. The lowest BCUT2D eigenvalue weighted by molar-refractivity contribution is -0.138. The lowest BCUT2D eigenvalue weighted by atomic mass is 10.2. The van der Waals surface area contributed by atoms with Gasteiger partial charge in [0.1, 0.15) is 17.7 Å². The van der Waals surface area contributed by atoms with Crippen molar-refractivity contribution in [2.24, 2.45) is 0 Å². The number of rotatable bonds is 2. The van der Waals surface area contributed by atoms with Crippen molar-refractivity contribution in [3.8, 4) is 0 Å². The van der Waals surface area contributed by atoms with Gasteiger partial charge in [-0.2, -0.15) is 0 Å². The SMILES string of the molecule is O=C(O)[C@@H]1CS[C@@H](c2cc(F)ccc2F)N1. The zero-order chi connectivity index (χ0) is 11.7. The molecule has 0 aromatic heterocycles. The van der Waals surface area contributed by atoms with Crippen LogP contribution in [0.25, 0.3) is 0 Å². The second-order valence-corrected chi connectivity index (χ2v) is 4.57. The third-order valence-electron chi connectivity index (χ3n) is 2.32. The number of carboxylic acids is 1. The molecule has 16 heavy (non-hydrogen) atoms. The highest BCUT2D eigenvalue weighted by Crippen LogP contribution is 2.34. The summed E-state index contributed by atoms with van der Waals surface area (Å²) < 4.78 is 26.3. The number of nitrogens with one attached hydrogen (secondary N) is 1. The highest BCUT2D eigenvalue weighted by molar-refractivity contribution is 7.99. The summed E-state index contributed by atoms with van der Waals surface area (Å²) in [5.41, 5.74) is 0.161. The van der Waals surface area contributed by atoms with Crippen LogP contribution < -0.4 is 5.32 Å². The van der Waals surface area contributed by atoms with Crippen molar-refractivity contribution in [3.05, 3.63) is 35.4 Å². The third kappa shape index (κ3) is 2.17. The minimum atomic E-state index is -0.980. The van der Waals surface area contributed by atoms with Crippen LogP contribution in [0.4, 0.5) is 8.78 Å². The van der Waals surface area contributed by atoms with Gasteiger partial charge < -0.3 is 5.11 Å². The largest absolute Gasteiger partial charge is 0.480 e. The fourth-order valence-corrected chi connectivity index (χ4v) is 2.75. The molecule has 6 heteroatoms. The maximum absolute atomic E-state index is 13.4. The summed E-state index contributed by atoms with van der Waals surface area (Å²) in [4.78, 5) is 10.7. The second kappa shape index (κ2) is 4.39. The number of aliphatic carboxylic acids is 1. The van der Waals surface area contributed by atoms with E-state index in [9.17, 15) is 13.6 Å². The molecule has 2 atom stereocenters. The Morgan fingerprint density at radius 2 is 2.25 bits per heavy atom. The van der Waals surface area contributed by atoms with Crippen LogP contribution in [0.2, 0.25) is 0 Å². The Bertz CT molecular complexity index is 427. The molecular formula is C10H9F2NO2S. The number of benzene rings is 1. The highest BCUT2D eigenvalue weighted by atomic mass is 32.2. The van der Waals surface area contributed by atoms with Gasteiger partial charge in [-0.25, -0.2) is 8.78 Å². The molecule has 0 radical (unpaired) electrons. The van der Waals surface area contributed by atoms with Crippen LogP contribution in [0.3, 0.4) is 0 Å². The molecule has 1 aliphatic heterocycles.